The molecule has 1 fully saturated rings. The number of rotatable bonds is 3. The molecule has 0 bridgehead atoms. The summed E-state index contributed by atoms with van der Waals surface area (Å²) in [6, 6.07) is 3.29. The van der Waals surface area contributed by atoms with Crippen LogP contribution in [-0.2, 0) is 16.0 Å². The van der Waals surface area contributed by atoms with Crippen LogP contribution >= 0.6 is 0 Å². The minimum atomic E-state index is -0.673. The molecule has 1 aliphatic heterocycles. The van der Waals surface area contributed by atoms with E-state index in [1.54, 1.807) is 12.0 Å². The summed E-state index contributed by atoms with van der Waals surface area (Å²) < 4.78 is 31.5. The van der Waals surface area contributed by atoms with E-state index >= 15 is 0 Å². The van der Waals surface area contributed by atoms with Gasteiger partial charge in [-0.25, -0.2) is 8.78 Å². The highest BCUT2D eigenvalue weighted by Gasteiger charge is 2.23. The number of halogens is 2. The number of ether oxygens (including phenoxy) is 1. The first-order valence-electron chi connectivity index (χ1n) is 6.34. The first kappa shape index (κ1) is 13.9. The van der Waals surface area contributed by atoms with E-state index in [-0.39, 0.29) is 24.0 Å². The van der Waals surface area contributed by atoms with E-state index in [1.165, 1.54) is 12.1 Å². The van der Waals surface area contributed by atoms with Crippen molar-refractivity contribution in [3.05, 3.63) is 35.4 Å². The third kappa shape index (κ3) is 3.50. The molecule has 1 unspecified atom stereocenters. The van der Waals surface area contributed by atoms with Crippen molar-refractivity contribution in [2.75, 3.05) is 20.2 Å². The number of hydrogen-bond acceptors (Lipinski definition) is 2. The zero-order valence-electron chi connectivity index (χ0n) is 10.9. The van der Waals surface area contributed by atoms with Crippen molar-refractivity contribution in [3.8, 4) is 0 Å². The molecule has 1 atom stereocenters. The van der Waals surface area contributed by atoms with E-state index in [0.29, 0.717) is 13.1 Å². The summed E-state index contributed by atoms with van der Waals surface area (Å²) in [5.74, 6) is -1.45. The Morgan fingerprint density at radius 3 is 2.95 bits per heavy atom. The molecule has 1 amide bonds. The molecule has 0 radical (unpaired) electrons. The van der Waals surface area contributed by atoms with Gasteiger partial charge < -0.3 is 9.64 Å². The molecule has 2 rings (SSSR count). The smallest absolute Gasteiger partial charge is 0.227 e. The number of methoxy groups -OCH3 is 1. The number of likely N-dealkylation sites (tertiary alicyclic amines) is 1. The topological polar surface area (TPSA) is 29.5 Å². The Balaban J connectivity index is 2.00. The van der Waals surface area contributed by atoms with Crippen LogP contribution in [0, 0.1) is 11.6 Å². The molecule has 0 aliphatic carbocycles. The zero-order valence-corrected chi connectivity index (χ0v) is 10.9. The van der Waals surface area contributed by atoms with Crippen molar-refractivity contribution in [2.45, 2.75) is 25.4 Å². The summed E-state index contributed by atoms with van der Waals surface area (Å²) >= 11 is 0. The molecule has 1 aliphatic rings. The predicted molar refractivity (Wildman–Crippen MR) is 66.7 cm³/mol. The molecule has 19 heavy (non-hydrogen) atoms. The Bertz CT molecular complexity index is 465. The van der Waals surface area contributed by atoms with Crippen molar-refractivity contribution in [2.24, 2.45) is 0 Å². The van der Waals surface area contributed by atoms with Crippen LogP contribution in [0.25, 0.3) is 0 Å². The van der Waals surface area contributed by atoms with Crippen LogP contribution in [0.2, 0.25) is 0 Å². The summed E-state index contributed by atoms with van der Waals surface area (Å²) in [6.07, 6.45) is 1.83. The Labute approximate surface area is 111 Å². The van der Waals surface area contributed by atoms with Gasteiger partial charge in [0, 0.05) is 26.3 Å². The van der Waals surface area contributed by atoms with Crippen molar-refractivity contribution in [1.29, 1.82) is 0 Å². The summed E-state index contributed by atoms with van der Waals surface area (Å²) in [6.45, 7) is 1.21. The second kappa shape index (κ2) is 6.10. The predicted octanol–water partition coefficient (Wildman–Crippen LogP) is 2.14. The molecule has 0 aromatic heterocycles. The van der Waals surface area contributed by atoms with E-state index in [1.807, 2.05) is 0 Å². The Hall–Kier alpha value is -1.49. The lowest BCUT2D eigenvalue weighted by molar-refractivity contribution is -0.134. The number of hydrogen-bond donors (Lipinski definition) is 0. The number of carbonyl (C=O) groups excluding carboxylic acids is 1. The van der Waals surface area contributed by atoms with Crippen LogP contribution in [0.5, 0.6) is 0 Å². The maximum Gasteiger partial charge on any atom is 0.227 e. The quantitative estimate of drug-likeness (QED) is 0.841. The fraction of sp³-hybridized carbons (Fsp3) is 0.500. The van der Waals surface area contributed by atoms with Crippen LogP contribution < -0.4 is 0 Å². The Morgan fingerprint density at radius 1 is 1.47 bits per heavy atom. The van der Waals surface area contributed by atoms with Crippen molar-refractivity contribution in [3.63, 3.8) is 0 Å². The van der Waals surface area contributed by atoms with Crippen LogP contribution in [0.15, 0.2) is 18.2 Å². The molecule has 1 heterocycles. The van der Waals surface area contributed by atoms with Gasteiger partial charge in [0.15, 0.2) is 0 Å². The molecular formula is C14H17F2NO2. The van der Waals surface area contributed by atoms with E-state index < -0.39 is 11.6 Å². The van der Waals surface area contributed by atoms with E-state index in [4.69, 9.17) is 4.74 Å². The third-order valence-electron chi connectivity index (χ3n) is 3.42. The third-order valence-corrected chi connectivity index (χ3v) is 3.42. The number of nitrogens with zero attached hydrogens (tertiary/aromatic N) is 1. The lowest BCUT2D eigenvalue weighted by Gasteiger charge is -2.32. The number of carbonyl (C=O) groups is 1. The molecule has 0 saturated carbocycles. The van der Waals surface area contributed by atoms with Crippen molar-refractivity contribution < 1.29 is 18.3 Å². The normalized spacial score (nSPS) is 19.5. The van der Waals surface area contributed by atoms with Gasteiger partial charge in [-0.05, 0) is 24.5 Å². The van der Waals surface area contributed by atoms with Gasteiger partial charge in [0.05, 0.1) is 12.5 Å². The summed E-state index contributed by atoms with van der Waals surface area (Å²) in [5, 5.41) is 0. The van der Waals surface area contributed by atoms with Gasteiger partial charge in [-0.3, -0.25) is 4.79 Å². The lowest BCUT2D eigenvalue weighted by atomic mass is 10.1. The molecule has 1 aromatic rings. The highest BCUT2D eigenvalue weighted by molar-refractivity contribution is 5.79. The lowest BCUT2D eigenvalue weighted by Crippen LogP contribution is -2.43. The summed E-state index contributed by atoms with van der Waals surface area (Å²) in [4.78, 5) is 13.8. The standard InChI is InChI=1S/C14H17F2NO2/c1-19-12-3-2-6-17(9-12)14(18)7-10-4-5-11(15)8-13(10)16/h4-5,8,12H,2-3,6-7,9H2,1H3. The maximum absolute atomic E-state index is 13.5. The zero-order chi connectivity index (χ0) is 13.8. The van der Waals surface area contributed by atoms with Crippen LogP contribution in [0.3, 0.4) is 0 Å². The monoisotopic (exact) mass is 269 g/mol. The maximum atomic E-state index is 13.5. The first-order valence-corrected chi connectivity index (χ1v) is 6.34. The Morgan fingerprint density at radius 2 is 2.26 bits per heavy atom. The molecule has 1 aromatic carbocycles. The van der Waals surface area contributed by atoms with Gasteiger partial charge in [0.1, 0.15) is 11.6 Å². The second-order valence-electron chi connectivity index (χ2n) is 4.75. The minimum absolute atomic E-state index is 0.0391. The molecule has 104 valence electrons. The van der Waals surface area contributed by atoms with Gasteiger partial charge in [-0.2, -0.15) is 0 Å². The van der Waals surface area contributed by atoms with Crippen LogP contribution in [-0.4, -0.2) is 37.1 Å². The van der Waals surface area contributed by atoms with E-state index in [9.17, 15) is 13.6 Å². The van der Waals surface area contributed by atoms with Gasteiger partial charge in [0.25, 0.3) is 0 Å². The molecule has 5 heteroatoms. The van der Waals surface area contributed by atoms with Crippen LogP contribution in [0.4, 0.5) is 8.78 Å². The minimum Gasteiger partial charge on any atom is -0.380 e. The molecule has 0 N–H and O–H groups in total. The molecule has 3 nitrogen and oxygen atoms in total. The summed E-state index contributed by atoms with van der Waals surface area (Å²) in [7, 11) is 1.62. The van der Waals surface area contributed by atoms with Crippen molar-refractivity contribution in [1.82, 2.24) is 4.90 Å². The van der Waals surface area contributed by atoms with E-state index in [2.05, 4.69) is 0 Å². The van der Waals surface area contributed by atoms with Gasteiger partial charge >= 0.3 is 0 Å². The van der Waals surface area contributed by atoms with Crippen molar-refractivity contribution >= 4 is 5.91 Å². The van der Waals surface area contributed by atoms with Gasteiger partial charge in [-0.1, -0.05) is 6.07 Å². The molecule has 1 saturated heterocycles. The second-order valence-corrected chi connectivity index (χ2v) is 4.75. The number of amides is 1. The first-order chi connectivity index (χ1) is 9.10. The number of benzene rings is 1. The molecular weight excluding hydrogens is 252 g/mol. The fourth-order valence-electron chi connectivity index (χ4n) is 2.30. The molecule has 0 spiro atoms. The number of piperidine rings is 1. The summed E-state index contributed by atoms with van der Waals surface area (Å²) in [5.41, 5.74) is 0.228. The van der Waals surface area contributed by atoms with Gasteiger partial charge in [-0.15, -0.1) is 0 Å². The SMILES string of the molecule is COC1CCCN(C(=O)Cc2ccc(F)cc2F)C1. The largest absolute Gasteiger partial charge is 0.380 e. The Kier molecular flexibility index (Phi) is 4.47. The average Bonchev–Trinajstić information content (AvgIpc) is 2.42. The highest BCUT2D eigenvalue weighted by atomic mass is 19.1. The van der Waals surface area contributed by atoms with Crippen LogP contribution in [0.1, 0.15) is 18.4 Å². The fourth-order valence-corrected chi connectivity index (χ4v) is 2.30. The van der Waals surface area contributed by atoms with E-state index in [0.717, 1.165) is 18.9 Å². The average molecular weight is 269 g/mol. The highest BCUT2D eigenvalue weighted by Crippen LogP contribution is 2.16. The van der Waals surface area contributed by atoms with Gasteiger partial charge in [0.2, 0.25) is 5.91 Å².